The van der Waals surface area contributed by atoms with Crippen LogP contribution in [0.1, 0.15) is 31.4 Å². The molecule has 1 unspecified atom stereocenters. The number of nitrogens with zero attached hydrogens (tertiary/aromatic N) is 3. The molecular formula is C14H18N4O. The van der Waals surface area contributed by atoms with Gasteiger partial charge in [-0.1, -0.05) is 18.2 Å². The number of hydrogen-bond donors (Lipinski definition) is 1. The Morgan fingerprint density at radius 3 is 2.74 bits per heavy atom. The smallest absolute Gasteiger partial charge is 0.169 e. The van der Waals surface area contributed by atoms with Gasteiger partial charge in [0.05, 0.1) is 6.54 Å². The molecule has 2 heterocycles. The second-order valence-electron chi connectivity index (χ2n) is 5.00. The zero-order valence-electron chi connectivity index (χ0n) is 11.0. The van der Waals surface area contributed by atoms with Crippen LogP contribution in [0.4, 0.5) is 0 Å². The van der Waals surface area contributed by atoms with Gasteiger partial charge in [0.1, 0.15) is 5.60 Å². The van der Waals surface area contributed by atoms with Crippen molar-refractivity contribution in [3.8, 4) is 5.69 Å². The molecule has 1 aromatic carbocycles. The summed E-state index contributed by atoms with van der Waals surface area (Å²) in [7, 11) is 0. The van der Waals surface area contributed by atoms with E-state index >= 15 is 0 Å². The molecule has 0 saturated carbocycles. The van der Waals surface area contributed by atoms with Gasteiger partial charge in [-0.05, 0) is 31.9 Å². The highest BCUT2D eigenvalue weighted by Crippen LogP contribution is 2.35. The summed E-state index contributed by atoms with van der Waals surface area (Å²) in [6.07, 6.45) is 2.01. The first-order valence-electron chi connectivity index (χ1n) is 6.59. The van der Waals surface area contributed by atoms with Crippen molar-refractivity contribution in [1.29, 1.82) is 0 Å². The maximum atomic E-state index is 5.88. The van der Waals surface area contributed by atoms with Crippen molar-refractivity contribution >= 4 is 0 Å². The Hall–Kier alpha value is -1.72. The molecule has 0 spiro atoms. The summed E-state index contributed by atoms with van der Waals surface area (Å²) in [6.45, 7) is 3.21. The van der Waals surface area contributed by atoms with Crippen LogP contribution >= 0.6 is 0 Å². The standard InChI is InChI=1S/C14H18N4O/c1-14(8-5-9-19-14)13-17-16-12(10-15)18(13)11-6-3-2-4-7-11/h2-4,6-7H,5,8-10,15H2,1H3. The minimum atomic E-state index is -0.365. The van der Waals surface area contributed by atoms with Crippen LogP contribution in [0.15, 0.2) is 30.3 Å². The monoisotopic (exact) mass is 258 g/mol. The number of rotatable bonds is 3. The molecule has 1 aliphatic heterocycles. The van der Waals surface area contributed by atoms with E-state index in [4.69, 9.17) is 10.5 Å². The Labute approximate surface area is 112 Å². The molecule has 19 heavy (non-hydrogen) atoms. The van der Waals surface area contributed by atoms with E-state index in [1.807, 2.05) is 34.9 Å². The number of benzene rings is 1. The van der Waals surface area contributed by atoms with Crippen LogP contribution in [0.25, 0.3) is 5.69 Å². The van der Waals surface area contributed by atoms with Crippen molar-refractivity contribution in [2.24, 2.45) is 5.73 Å². The van der Waals surface area contributed by atoms with E-state index in [1.165, 1.54) is 0 Å². The third-order valence-electron chi connectivity index (χ3n) is 3.62. The Kier molecular flexibility index (Phi) is 3.08. The van der Waals surface area contributed by atoms with Crippen molar-refractivity contribution in [1.82, 2.24) is 14.8 Å². The number of para-hydroxylation sites is 1. The topological polar surface area (TPSA) is 66.0 Å². The number of hydrogen-bond acceptors (Lipinski definition) is 4. The predicted molar refractivity (Wildman–Crippen MR) is 71.8 cm³/mol. The van der Waals surface area contributed by atoms with Crippen LogP contribution in [0.5, 0.6) is 0 Å². The number of ether oxygens (including phenoxy) is 1. The zero-order valence-corrected chi connectivity index (χ0v) is 11.0. The van der Waals surface area contributed by atoms with E-state index in [1.54, 1.807) is 0 Å². The fourth-order valence-electron chi connectivity index (χ4n) is 2.59. The first kappa shape index (κ1) is 12.3. The SMILES string of the molecule is CC1(c2nnc(CN)n2-c2ccccc2)CCCO1. The summed E-state index contributed by atoms with van der Waals surface area (Å²) in [5.74, 6) is 1.61. The highest BCUT2D eigenvalue weighted by Gasteiger charge is 2.37. The van der Waals surface area contributed by atoms with Gasteiger partial charge < -0.3 is 10.5 Å². The lowest BCUT2D eigenvalue weighted by molar-refractivity contribution is 0.00782. The molecule has 0 amide bonds. The van der Waals surface area contributed by atoms with E-state index in [9.17, 15) is 0 Å². The number of aromatic nitrogens is 3. The van der Waals surface area contributed by atoms with Crippen molar-refractivity contribution in [3.63, 3.8) is 0 Å². The molecule has 1 aliphatic rings. The molecule has 0 aliphatic carbocycles. The lowest BCUT2D eigenvalue weighted by atomic mass is 10.0. The van der Waals surface area contributed by atoms with Crippen molar-refractivity contribution < 1.29 is 4.74 Å². The molecule has 1 atom stereocenters. The zero-order chi connectivity index (χ0) is 13.3. The van der Waals surface area contributed by atoms with Gasteiger partial charge in [-0.3, -0.25) is 4.57 Å². The van der Waals surface area contributed by atoms with Gasteiger partial charge in [0.15, 0.2) is 11.6 Å². The first-order valence-corrected chi connectivity index (χ1v) is 6.59. The fourth-order valence-corrected chi connectivity index (χ4v) is 2.59. The van der Waals surface area contributed by atoms with E-state index in [0.29, 0.717) is 6.54 Å². The summed E-state index contributed by atoms with van der Waals surface area (Å²) >= 11 is 0. The quantitative estimate of drug-likeness (QED) is 0.911. The lowest BCUT2D eigenvalue weighted by Crippen LogP contribution is -2.25. The second kappa shape index (κ2) is 4.75. The second-order valence-corrected chi connectivity index (χ2v) is 5.00. The molecule has 3 rings (SSSR count). The van der Waals surface area contributed by atoms with Gasteiger partial charge >= 0.3 is 0 Å². The molecule has 1 aromatic heterocycles. The normalized spacial score (nSPS) is 22.8. The maximum Gasteiger partial charge on any atom is 0.169 e. The van der Waals surface area contributed by atoms with Crippen LogP contribution < -0.4 is 5.73 Å². The predicted octanol–water partition coefficient (Wildman–Crippen LogP) is 1.75. The van der Waals surface area contributed by atoms with Crippen molar-refractivity contribution in [2.45, 2.75) is 31.9 Å². The van der Waals surface area contributed by atoms with Gasteiger partial charge in [-0.15, -0.1) is 10.2 Å². The number of nitrogens with two attached hydrogens (primary N) is 1. The van der Waals surface area contributed by atoms with Gasteiger partial charge in [0.25, 0.3) is 0 Å². The first-order chi connectivity index (χ1) is 9.24. The molecule has 5 nitrogen and oxygen atoms in total. The van der Waals surface area contributed by atoms with Crippen LogP contribution in [-0.2, 0) is 16.9 Å². The molecule has 1 saturated heterocycles. The highest BCUT2D eigenvalue weighted by molar-refractivity contribution is 5.35. The van der Waals surface area contributed by atoms with Crippen molar-refractivity contribution in [2.75, 3.05) is 6.61 Å². The van der Waals surface area contributed by atoms with Crippen molar-refractivity contribution in [3.05, 3.63) is 42.0 Å². The summed E-state index contributed by atoms with van der Waals surface area (Å²) < 4.78 is 7.90. The van der Waals surface area contributed by atoms with E-state index < -0.39 is 0 Å². The van der Waals surface area contributed by atoms with Crippen LogP contribution in [0, 0.1) is 0 Å². The fraction of sp³-hybridized carbons (Fsp3) is 0.429. The molecule has 1 fully saturated rings. The maximum absolute atomic E-state index is 5.88. The van der Waals surface area contributed by atoms with Gasteiger partial charge in [-0.25, -0.2) is 0 Å². The summed E-state index contributed by atoms with van der Waals surface area (Å²) in [4.78, 5) is 0. The molecule has 2 N–H and O–H groups in total. The van der Waals surface area contributed by atoms with Gasteiger partial charge in [0, 0.05) is 12.3 Å². The molecule has 100 valence electrons. The van der Waals surface area contributed by atoms with Gasteiger partial charge in [-0.2, -0.15) is 0 Å². The van der Waals surface area contributed by atoms with E-state index in [2.05, 4.69) is 17.1 Å². The molecule has 0 radical (unpaired) electrons. The van der Waals surface area contributed by atoms with E-state index in [-0.39, 0.29) is 5.60 Å². The molecule has 5 heteroatoms. The summed E-state index contributed by atoms with van der Waals surface area (Å²) in [5, 5.41) is 8.53. The van der Waals surface area contributed by atoms with Crippen LogP contribution in [-0.4, -0.2) is 21.4 Å². The van der Waals surface area contributed by atoms with Crippen LogP contribution in [0.3, 0.4) is 0 Å². The highest BCUT2D eigenvalue weighted by atomic mass is 16.5. The summed E-state index contributed by atoms with van der Waals surface area (Å²) in [6, 6.07) is 10.0. The minimum Gasteiger partial charge on any atom is -0.367 e. The summed E-state index contributed by atoms with van der Waals surface area (Å²) in [5.41, 5.74) is 6.44. The Morgan fingerprint density at radius 2 is 2.11 bits per heavy atom. The molecular weight excluding hydrogens is 240 g/mol. The molecule has 0 bridgehead atoms. The Balaban J connectivity index is 2.14. The van der Waals surface area contributed by atoms with Gasteiger partial charge in [0.2, 0.25) is 0 Å². The average Bonchev–Trinajstić information content (AvgIpc) is 3.06. The third-order valence-corrected chi connectivity index (χ3v) is 3.62. The Bertz CT molecular complexity index is 558. The average molecular weight is 258 g/mol. The largest absolute Gasteiger partial charge is 0.367 e. The lowest BCUT2D eigenvalue weighted by Gasteiger charge is -2.23. The van der Waals surface area contributed by atoms with E-state index in [0.717, 1.165) is 36.8 Å². The van der Waals surface area contributed by atoms with Crippen LogP contribution in [0.2, 0.25) is 0 Å². The third kappa shape index (κ3) is 2.05. The molecule has 2 aromatic rings. The Morgan fingerprint density at radius 1 is 1.32 bits per heavy atom. The minimum absolute atomic E-state index is 0.359.